The van der Waals surface area contributed by atoms with Crippen LogP contribution in [0.3, 0.4) is 0 Å². The Labute approximate surface area is 804 Å². The van der Waals surface area contributed by atoms with Gasteiger partial charge in [-0.2, -0.15) is 0 Å². The number of para-hydroxylation sites is 2. The third-order valence-electron chi connectivity index (χ3n) is 25.2. The first-order valence-electron chi connectivity index (χ1n) is 45.0. The summed E-state index contributed by atoms with van der Waals surface area (Å²) in [6.07, 6.45) is 0.600. The lowest BCUT2D eigenvalue weighted by Crippen LogP contribution is -2.32. The van der Waals surface area contributed by atoms with Crippen molar-refractivity contribution in [1.29, 1.82) is 0 Å². The second-order valence-electron chi connectivity index (χ2n) is 36.5. The number of carbonyl (C=O) groups excluding carboxylic acids is 1. The average Bonchev–Trinajstić information content (AvgIpc) is 0.755. The SMILES string of the molecule is CC(C)(c1ccc(O)cc1)c1ccc(C(C)(c2ccc(O)cc2)c2ccc(O)cc2)cc1.CC(C)(c1ccc2c(c1)CN(c1ccccc1)CO2)c1ccc2c(c1)CN(c1ccccc1)CO2.COCc1cc(C(C)(C)C)cc(C(C)=O)c1O.Cc1cc(CO)c(O)c(CO)c1.Cc1cc(Cc2ccc(O)cc2O)c(O)c(Cc2ccc(O)cc2O)c1.OCc1c(O)c(CO)c(CO)c(O)c1CO. The van der Waals surface area contributed by atoms with Gasteiger partial charge in [-0.25, -0.2) is 0 Å². The number of anilines is 2. The molecule has 0 aliphatic carbocycles. The number of aryl methyl sites for hydroxylation is 2. The van der Waals surface area contributed by atoms with Gasteiger partial charge in [-0.05, 0) is 209 Å². The van der Waals surface area contributed by atoms with Crippen LogP contribution >= 0.6 is 0 Å². The zero-order valence-corrected chi connectivity index (χ0v) is 79.7. The summed E-state index contributed by atoms with van der Waals surface area (Å²) in [6.45, 7) is 22.9. The number of methoxy groups -OCH3 is 1. The van der Waals surface area contributed by atoms with E-state index in [1.165, 1.54) is 70.4 Å². The lowest BCUT2D eigenvalue weighted by Gasteiger charge is -2.34. The molecule has 0 spiro atoms. The van der Waals surface area contributed by atoms with E-state index in [4.69, 9.17) is 44.8 Å². The molecule has 0 unspecified atom stereocenters. The van der Waals surface area contributed by atoms with E-state index in [-0.39, 0.29) is 115 Å². The second kappa shape index (κ2) is 45.7. The summed E-state index contributed by atoms with van der Waals surface area (Å²) in [6, 6.07) is 84.2. The summed E-state index contributed by atoms with van der Waals surface area (Å²) in [5.41, 5.74) is 19.0. The minimum Gasteiger partial charge on any atom is -0.508 e. The third-order valence-corrected chi connectivity index (χ3v) is 25.2. The average molecular weight is 1870 g/mol. The van der Waals surface area contributed by atoms with Crippen LogP contribution in [-0.2, 0) is 98.6 Å². The highest BCUT2D eigenvalue weighted by molar-refractivity contribution is 5.97. The summed E-state index contributed by atoms with van der Waals surface area (Å²) in [5, 5.41) is 171. The zero-order chi connectivity index (χ0) is 100. The molecule has 0 saturated heterocycles. The Balaban J connectivity index is 0.000000165. The number of Topliss-reactive ketones (excluding diaryl/α,β-unsaturated/α-hetero) is 1. The molecule has 18 N–H and O–H groups in total. The summed E-state index contributed by atoms with van der Waals surface area (Å²) in [4.78, 5) is 16.0. The van der Waals surface area contributed by atoms with E-state index >= 15 is 0 Å². The van der Waals surface area contributed by atoms with Gasteiger partial charge < -0.3 is 116 Å². The molecule has 0 fully saturated rings. The molecule has 24 nitrogen and oxygen atoms in total. The number of ether oxygens (including phenoxy) is 3. The van der Waals surface area contributed by atoms with Crippen molar-refractivity contribution < 1.29 is 111 Å². The van der Waals surface area contributed by atoms with Crippen LogP contribution in [0.25, 0.3) is 0 Å². The number of ketones is 1. The summed E-state index contributed by atoms with van der Waals surface area (Å²) in [5.74, 6) is 1.70. The first-order valence-corrected chi connectivity index (χ1v) is 45.0. The number of phenolic OH excluding ortho intramolecular Hbond substituents is 9. The van der Waals surface area contributed by atoms with Crippen LogP contribution in [0.2, 0.25) is 0 Å². The van der Waals surface area contributed by atoms with Crippen molar-refractivity contribution in [2.75, 3.05) is 30.4 Å². The molecule has 0 bridgehead atoms. The van der Waals surface area contributed by atoms with Crippen molar-refractivity contribution in [3.05, 3.63) is 400 Å². The Morgan fingerprint density at radius 1 is 0.326 bits per heavy atom. The monoisotopic (exact) mass is 1870 g/mol. The molecule has 14 aromatic rings. The van der Waals surface area contributed by atoms with Gasteiger partial charge in [0.1, 0.15) is 80.5 Å². The van der Waals surface area contributed by atoms with E-state index in [9.17, 15) is 66.1 Å². The lowest BCUT2D eigenvalue weighted by atomic mass is 9.70. The number of aliphatic hydroxyl groups is 6. The van der Waals surface area contributed by atoms with Crippen LogP contribution in [-0.4, -0.2) is 118 Å². The van der Waals surface area contributed by atoms with Crippen molar-refractivity contribution in [3.8, 4) is 80.5 Å². The zero-order valence-electron chi connectivity index (χ0n) is 79.7. The maximum atomic E-state index is 11.5. The van der Waals surface area contributed by atoms with Gasteiger partial charge in [0.2, 0.25) is 0 Å². The van der Waals surface area contributed by atoms with Crippen LogP contribution in [0.1, 0.15) is 201 Å². The lowest BCUT2D eigenvalue weighted by molar-refractivity contribution is 0.101. The number of rotatable bonds is 22. The number of hydrogen-bond acceptors (Lipinski definition) is 24. The van der Waals surface area contributed by atoms with Crippen molar-refractivity contribution in [1.82, 2.24) is 0 Å². The molecule has 0 saturated carbocycles. The molecule has 2 aliphatic rings. The fourth-order valence-electron chi connectivity index (χ4n) is 16.9. The van der Waals surface area contributed by atoms with Crippen molar-refractivity contribution in [2.45, 2.75) is 170 Å². The number of benzene rings is 14. The van der Waals surface area contributed by atoms with Gasteiger partial charge in [-0.15, -0.1) is 0 Å². The highest BCUT2D eigenvalue weighted by Gasteiger charge is 2.35. The van der Waals surface area contributed by atoms with Crippen molar-refractivity contribution >= 4 is 17.2 Å². The van der Waals surface area contributed by atoms with Gasteiger partial charge in [0.05, 0.1) is 51.8 Å². The Bertz CT molecular complexity index is 6180. The van der Waals surface area contributed by atoms with Gasteiger partial charge >= 0.3 is 0 Å². The minimum absolute atomic E-state index is 0.00870. The molecule has 24 heteroatoms. The largest absolute Gasteiger partial charge is 0.508 e. The van der Waals surface area contributed by atoms with Crippen LogP contribution in [0.4, 0.5) is 11.4 Å². The Morgan fingerprint density at radius 2 is 0.652 bits per heavy atom. The first-order chi connectivity index (χ1) is 65.7. The molecule has 2 aliphatic heterocycles. The molecule has 0 aromatic heterocycles. The number of nitrogens with zero attached hydrogens (tertiary/aromatic N) is 2. The van der Waals surface area contributed by atoms with Gasteiger partial charge in [-0.1, -0.05) is 205 Å². The fourth-order valence-corrected chi connectivity index (χ4v) is 16.9. The number of hydrogen-bond donors (Lipinski definition) is 18. The predicted octanol–water partition coefficient (Wildman–Crippen LogP) is 19.7. The summed E-state index contributed by atoms with van der Waals surface area (Å²) in [7, 11) is 1.57. The molecule has 2 heterocycles. The highest BCUT2D eigenvalue weighted by Crippen LogP contribution is 2.46. The van der Waals surface area contributed by atoms with E-state index in [1.807, 2.05) is 80.6 Å². The highest BCUT2D eigenvalue weighted by atomic mass is 16.5. The second-order valence-corrected chi connectivity index (χ2v) is 36.5. The topological polar surface area (TPSA) is 415 Å². The van der Waals surface area contributed by atoms with E-state index in [1.54, 1.807) is 73.8 Å². The fraction of sp³-hybridized carbons (Fsp3) is 0.254. The quantitative estimate of drug-likeness (QED) is 0.0170. The smallest absolute Gasteiger partial charge is 0.163 e. The van der Waals surface area contributed by atoms with Gasteiger partial charge in [0.25, 0.3) is 0 Å². The van der Waals surface area contributed by atoms with Crippen molar-refractivity contribution in [3.63, 3.8) is 0 Å². The van der Waals surface area contributed by atoms with Gasteiger partial charge in [-0.3, -0.25) is 4.79 Å². The molecule has 16 rings (SSSR count). The number of aromatic hydroxyl groups is 12. The minimum atomic E-state index is -0.589. The normalized spacial score (nSPS) is 12.2. The molecule has 14 aromatic carbocycles. The maximum Gasteiger partial charge on any atom is 0.163 e. The van der Waals surface area contributed by atoms with Gasteiger partial charge in [0, 0.05) is 123 Å². The van der Waals surface area contributed by atoms with Crippen molar-refractivity contribution in [2.24, 2.45) is 0 Å². The Hall–Kier alpha value is -14.7. The molecular weight excluding hydrogens is 1750 g/mol. The summed E-state index contributed by atoms with van der Waals surface area (Å²) < 4.78 is 17.2. The standard InChI is InChI=1S/C31H30N2O2.C29H28O3.C21H20O5.C14H20O3.C10H14O6.C9H12O3/c1-31(2,25-13-15-29-23(17-25)19-32(21-34-29)27-9-5-3-6-10-27)26-14-16-30-24(18-26)20-33(22-35-30)28-11-7-4-8-12-28;1-28(2,21-8-14-25(30)15-9-21)20-4-6-22(7-5-20)29(3,23-10-16-26(31)17-11-23)24-12-18-27(32)19-13-24;1-12-6-15(8-13-2-4-17(22)10-19(13)24)21(26)16(7-12)9-14-3-5-18(23)11-20(14)25;1-9(15)12-7-11(14(2,3)4)6-10(8-17-5)13(12)16;11-1-5-6(2-12)10(16)8(4-14)7(3-13)9(5)15;1-6-2-7(4-10)9(12)8(3-6)5-11/h3-18H,19-22H2,1-2H3;4-19,30-32H,1-3H3;2-7,10-11,22-26H,8-9H2,1H3;6-7,16H,8H2,1-5H3;11-16H,1-4H2;2-3,10-12H,4-5H2,1H3. The number of phenols is 12. The van der Waals surface area contributed by atoms with Crippen LogP contribution in [0.5, 0.6) is 80.5 Å². The molecule has 138 heavy (non-hydrogen) atoms. The molecular formula is C114H124N2O22. The molecule has 0 radical (unpaired) electrons. The van der Waals surface area contributed by atoms with E-state index < -0.39 is 43.3 Å². The molecule has 0 amide bonds. The Morgan fingerprint density at radius 3 is 0.993 bits per heavy atom. The van der Waals surface area contributed by atoms with E-state index in [0.29, 0.717) is 77.4 Å². The van der Waals surface area contributed by atoms with Crippen LogP contribution in [0.15, 0.2) is 267 Å². The van der Waals surface area contributed by atoms with Crippen LogP contribution in [0, 0.1) is 13.8 Å². The van der Waals surface area contributed by atoms with Crippen LogP contribution < -0.4 is 19.3 Å². The maximum absolute atomic E-state index is 11.5. The Kier molecular flexibility index (Phi) is 34.4. The summed E-state index contributed by atoms with van der Waals surface area (Å²) >= 11 is 0. The van der Waals surface area contributed by atoms with E-state index in [2.05, 4.69) is 174 Å². The molecule has 0 atom stereocenters. The molecule has 722 valence electrons. The number of aliphatic hydroxyl groups excluding tert-OH is 6. The third kappa shape index (κ3) is 24.7. The number of carbonyl (C=O) groups is 1. The number of fused-ring (bicyclic) bond motifs is 2. The van der Waals surface area contributed by atoms with E-state index in [0.717, 1.165) is 63.5 Å². The predicted molar refractivity (Wildman–Crippen MR) is 533 cm³/mol. The first kappa shape index (κ1) is 104. The van der Waals surface area contributed by atoms with Gasteiger partial charge in [0.15, 0.2) is 19.2 Å².